The summed E-state index contributed by atoms with van der Waals surface area (Å²) in [6.07, 6.45) is 0. The van der Waals surface area contributed by atoms with Crippen molar-refractivity contribution >= 4 is 16.9 Å². The van der Waals surface area contributed by atoms with E-state index >= 15 is 0 Å². The number of likely N-dealkylation sites (N-methyl/N-ethyl adjacent to an activating group) is 1. The summed E-state index contributed by atoms with van der Waals surface area (Å²) in [5.41, 5.74) is 1.29. The molecule has 0 amide bonds. The van der Waals surface area contributed by atoms with E-state index in [1.54, 1.807) is 15.5 Å². The quantitative estimate of drug-likeness (QED) is 0.797. The molecule has 0 saturated heterocycles. The second-order valence-electron chi connectivity index (χ2n) is 5.05. The van der Waals surface area contributed by atoms with Gasteiger partial charge in [-0.1, -0.05) is 30.3 Å². The molecule has 1 heterocycles. The molecule has 3 rings (SSSR count). The highest BCUT2D eigenvalue weighted by Gasteiger charge is 2.15. The molecule has 5 heteroatoms. The van der Waals surface area contributed by atoms with E-state index in [0.717, 1.165) is 5.69 Å². The fraction of sp³-hybridized carbons (Fsp3) is 0.176. The smallest absolute Gasteiger partial charge is 0.267 e. The van der Waals surface area contributed by atoms with Gasteiger partial charge >= 0.3 is 0 Å². The number of fused-ring (bicyclic) bond motifs is 1. The average molecular weight is 295 g/mol. The Bertz CT molecular complexity index is 843. The van der Waals surface area contributed by atoms with Gasteiger partial charge in [0.15, 0.2) is 0 Å². The van der Waals surface area contributed by atoms with Crippen LogP contribution in [0.2, 0.25) is 0 Å². The van der Waals surface area contributed by atoms with Crippen LogP contribution in [0, 0.1) is 0 Å². The van der Waals surface area contributed by atoms with Gasteiger partial charge in [-0.2, -0.15) is 0 Å². The normalized spacial score (nSPS) is 10.8. The van der Waals surface area contributed by atoms with Crippen molar-refractivity contribution < 1.29 is 5.11 Å². The van der Waals surface area contributed by atoms with Gasteiger partial charge in [0.1, 0.15) is 0 Å². The molecule has 0 aliphatic rings. The molecule has 0 spiro atoms. The van der Waals surface area contributed by atoms with Crippen molar-refractivity contribution in [3.63, 3.8) is 0 Å². The fourth-order valence-electron chi connectivity index (χ4n) is 2.44. The molecule has 112 valence electrons. The molecule has 3 aromatic rings. The first-order chi connectivity index (χ1) is 10.7. The first-order valence-electron chi connectivity index (χ1n) is 7.11. The van der Waals surface area contributed by atoms with Gasteiger partial charge in [0, 0.05) is 13.6 Å². The Morgan fingerprint density at radius 2 is 1.77 bits per heavy atom. The monoisotopic (exact) mass is 295 g/mol. The van der Waals surface area contributed by atoms with Gasteiger partial charge in [0.25, 0.3) is 5.56 Å². The lowest BCUT2D eigenvalue weighted by atomic mass is 10.2. The van der Waals surface area contributed by atoms with Gasteiger partial charge in [-0.05, 0) is 24.3 Å². The highest BCUT2D eigenvalue weighted by molar-refractivity contribution is 5.79. The molecular formula is C17H17N3O2. The lowest BCUT2D eigenvalue weighted by molar-refractivity contribution is 0.303. The van der Waals surface area contributed by atoms with Crippen LogP contribution in [0.5, 0.6) is 0 Å². The molecule has 1 N–H and O–H groups in total. The maximum atomic E-state index is 12.9. The van der Waals surface area contributed by atoms with Gasteiger partial charge in [-0.25, -0.2) is 9.55 Å². The van der Waals surface area contributed by atoms with Crippen LogP contribution in [0.15, 0.2) is 59.4 Å². The van der Waals surface area contributed by atoms with E-state index in [9.17, 15) is 9.90 Å². The van der Waals surface area contributed by atoms with Crippen molar-refractivity contribution in [1.82, 2.24) is 9.55 Å². The lowest BCUT2D eigenvalue weighted by Crippen LogP contribution is -2.31. The molecule has 0 saturated carbocycles. The van der Waals surface area contributed by atoms with Crippen molar-refractivity contribution in [2.24, 2.45) is 0 Å². The number of hydrogen-bond donors (Lipinski definition) is 1. The van der Waals surface area contributed by atoms with Crippen LogP contribution in [0.4, 0.5) is 5.95 Å². The van der Waals surface area contributed by atoms with Crippen LogP contribution in [-0.4, -0.2) is 34.9 Å². The van der Waals surface area contributed by atoms with Crippen molar-refractivity contribution in [1.29, 1.82) is 0 Å². The summed E-state index contributed by atoms with van der Waals surface area (Å²) in [4.78, 5) is 19.3. The Hall–Kier alpha value is -2.66. The molecule has 2 aromatic carbocycles. The number of rotatable bonds is 4. The third-order valence-electron chi connectivity index (χ3n) is 3.55. The summed E-state index contributed by atoms with van der Waals surface area (Å²) in [5, 5.41) is 9.76. The van der Waals surface area contributed by atoms with Gasteiger partial charge in [0.2, 0.25) is 5.95 Å². The maximum absolute atomic E-state index is 12.9. The number of para-hydroxylation sites is 2. The van der Waals surface area contributed by atoms with Gasteiger partial charge < -0.3 is 10.0 Å². The molecule has 0 radical (unpaired) electrons. The molecular weight excluding hydrogens is 278 g/mol. The van der Waals surface area contributed by atoms with E-state index in [2.05, 4.69) is 4.98 Å². The van der Waals surface area contributed by atoms with Crippen LogP contribution in [-0.2, 0) is 0 Å². The van der Waals surface area contributed by atoms with E-state index in [4.69, 9.17) is 0 Å². The third kappa shape index (κ3) is 2.46. The molecule has 0 unspecified atom stereocenters. The van der Waals surface area contributed by atoms with E-state index in [1.165, 1.54) is 0 Å². The van der Waals surface area contributed by atoms with Crippen LogP contribution >= 0.6 is 0 Å². The summed E-state index contributed by atoms with van der Waals surface area (Å²) < 4.78 is 1.58. The van der Waals surface area contributed by atoms with Crippen LogP contribution in [0.1, 0.15) is 0 Å². The second-order valence-corrected chi connectivity index (χ2v) is 5.05. The zero-order valence-electron chi connectivity index (χ0n) is 12.3. The highest BCUT2D eigenvalue weighted by atomic mass is 16.3. The molecule has 0 aliphatic heterocycles. The van der Waals surface area contributed by atoms with Crippen molar-refractivity contribution in [3.05, 3.63) is 65.0 Å². The standard InChI is InChI=1S/C17H17N3O2/c1-19(11-12-21)17-18-15-10-6-5-9-14(15)16(22)20(17)13-7-3-2-4-8-13/h2-10,21H,11-12H2,1H3. The van der Waals surface area contributed by atoms with E-state index < -0.39 is 0 Å². The number of aliphatic hydroxyl groups is 1. The average Bonchev–Trinajstić information content (AvgIpc) is 2.56. The molecule has 0 bridgehead atoms. The molecule has 0 atom stereocenters. The topological polar surface area (TPSA) is 58.4 Å². The van der Waals surface area contributed by atoms with Gasteiger partial charge in [-0.3, -0.25) is 4.79 Å². The Morgan fingerprint density at radius 1 is 1.09 bits per heavy atom. The minimum absolute atomic E-state index is 0.00597. The Morgan fingerprint density at radius 3 is 2.50 bits per heavy atom. The zero-order chi connectivity index (χ0) is 15.5. The molecule has 1 aromatic heterocycles. The largest absolute Gasteiger partial charge is 0.395 e. The minimum atomic E-state index is -0.114. The van der Waals surface area contributed by atoms with E-state index in [-0.39, 0.29) is 12.2 Å². The number of nitrogens with zero attached hydrogens (tertiary/aromatic N) is 3. The SMILES string of the molecule is CN(CCO)c1nc2ccccc2c(=O)n1-c1ccccc1. The van der Waals surface area contributed by atoms with Crippen LogP contribution in [0.3, 0.4) is 0 Å². The van der Waals surface area contributed by atoms with E-state index in [1.807, 2.05) is 55.6 Å². The second kappa shape index (κ2) is 5.99. The molecule has 22 heavy (non-hydrogen) atoms. The zero-order valence-corrected chi connectivity index (χ0v) is 12.3. The predicted octanol–water partition coefficient (Wildman–Crippen LogP) is 1.81. The summed E-state index contributed by atoms with van der Waals surface area (Å²) in [5.74, 6) is 0.518. The maximum Gasteiger partial charge on any atom is 0.267 e. The van der Waals surface area contributed by atoms with E-state index in [0.29, 0.717) is 23.4 Å². The first-order valence-corrected chi connectivity index (χ1v) is 7.11. The Labute approximate surface area is 128 Å². The summed E-state index contributed by atoms with van der Waals surface area (Å²) in [6, 6.07) is 16.7. The molecule has 0 fully saturated rings. The van der Waals surface area contributed by atoms with Gasteiger partial charge in [0.05, 0.1) is 23.2 Å². The van der Waals surface area contributed by atoms with Crippen LogP contribution < -0.4 is 10.5 Å². The summed E-state index contributed by atoms with van der Waals surface area (Å²) in [6.45, 7) is 0.394. The number of anilines is 1. The third-order valence-corrected chi connectivity index (χ3v) is 3.55. The number of aliphatic hydroxyl groups excluding tert-OH is 1. The lowest BCUT2D eigenvalue weighted by Gasteiger charge is -2.22. The highest BCUT2D eigenvalue weighted by Crippen LogP contribution is 2.18. The Kier molecular flexibility index (Phi) is 3.89. The van der Waals surface area contributed by atoms with Gasteiger partial charge in [-0.15, -0.1) is 0 Å². The Balaban J connectivity index is 2.34. The summed E-state index contributed by atoms with van der Waals surface area (Å²) >= 11 is 0. The predicted molar refractivity (Wildman–Crippen MR) is 87.7 cm³/mol. The van der Waals surface area contributed by atoms with Crippen LogP contribution in [0.25, 0.3) is 16.6 Å². The summed E-state index contributed by atoms with van der Waals surface area (Å²) in [7, 11) is 1.81. The minimum Gasteiger partial charge on any atom is -0.395 e. The van der Waals surface area contributed by atoms with Crippen molar-refractivity contribution in [2.75, 3.05) is 25.1 Å². The first kappa shape index (κ1) is 14.3. The van der Waals surface area contributed by atoms with Crippen molar-refractivity contribution in [3.8, 4) is 5.69 Å². The van der Waals surface area contributed by atoms with Crippen molar-refractivity contribution in [2.45, 2.75) is 0 Å². The molecule has 0 aliphatic carbocycles. The number of aromatic nitrogens is 2. The fourth-order valence-corrected chi connectivity index (χ4v) is 2.44. The number of hydrogen-bond acceptors (Lipinski definition) is 4. The molecule has 5 nitrogen and oxygen atoms in total. The number of benzene rings is 2.